The Kier molecular flexibility index (Phi) is 6.15. The molecule has 0 radical (unpaired) electrons. The molecular weight excluding hydrogens is 535 g/mol. The standard InChI is InChI=1S/C27H27F5N6O2/c1-17-10-36(7-6-26(17,28)29)11-18-8-21(27(30,31)32)22-13-37(24(39)38(22)12-18)20-5-3-4-19(9-20)25(14-40-15-25)23-34-33-16-35(23)2/h3-5,8-9,12-13,16-17H,6-7,10-11,14-15H2,1-2H3/t17-/m1/s1. The number of aromatic nitrogens is 5. The van der Waals surface area contributed by atoms with Crippen LogP contribution in [0.5, 0.6) is 0 Å². The summed E-state index contributed by atoms with van der Waals surface area (Å²) in [5, 5.41) is 8.20. The molecule has 0 unspecified atom stereocenters. The summed E-state index contributed by atoms with van der Waals surface area (Å²) in [6, 6.07) is 8.00. The lowest BCUT2D eigenvalue weighted by Gasteiger charge is -2.40. The Bertz CT molecular complexity index is 1630. The Labute approximate surface area is 225 Å². The summed E-state index contributed by atoms with van der Waals surface area (Å²) in [6.45, 7) is 2.24. The molecule has 5 heterocycles. The smallest absolute Gasteiger partial charge is 0.378 e. The summed E-state index contributed by atoms with van der Waals surface area (Å²) >= 11 is 0. The molecule has 0 amide bonds. The van der Waals surface area contributed by atoms with E-state index in [2.05, 4.69) is 10.2 Å². The maximum Gasteiger partial charge on any atom is 0.418 e. The molecule has 0 bridgehead atoms. The number of hydrogen-bond donors (Lipinski definition) is 0. The quantitative estimate of drug-likeness (QED) is 0.344. The largest absolute Gasteiger partial charge is 0.418 e. The number of hydrogen-bond acceptors (Lipinski definition) is 5. The highest BCUT2D eigenvalue weighted by atomic mass is 19.4. The van der Waals surface area contributed by atoms with Crippen LogP contribution in [0.4, 0.5) is 22.0 Å². The molecule has 2 aliphatic heterocycles. The Morgan fingerprint density at radius 3 is 2.55 bits per heavy atom. The van der Waals surface area contributed by atoms with E-state index in [1.807, 2.05) is 13.1 Å². The number of halogens is 5. The Balaban J connectivity index is 1.41. The first-order valence-electron chi connectivity index (χ1n) is 12.9. The molecule has 6 rings (SSSR count). The first kappa shape index (κ1) is 26.6. The van der Waals surface area contributed by atoms with Crippen LogP contribution in [-0.4, -0.2) is 60.9 Å². The zero-order valence-electron chi connectivity index (χ0n) is 21.8. The van der Waals surface area contributed by atoms with Crippen LogP contribution in [0.15, 0.2) is 53.8 Å². The van der Waals surface area contributed by atoms with Crippen molar-refractivity contribution in [2.75, 3.05) is 26.3 Å². The molecule has 1 aromatic carbocycles. The number of ether oxygens (including phenoxy) is 1. The number of fused-ring (bicyclic) bond motifs is 1. The molecule has 4 aromatic rings. The molecule has 8 nitrogen and oxygen atoms in total. The Hall–Kier alpha value is -3.58. The van der Waals surface area contributed by atoms with Gasteiger partial charge in [0.2, 0.25) is 0 Å². The highest BCUT2D eigenvalue weighted by molar-refractivity contribution is 5.58. The van der Waals surface area contributed by atoms with Crippen LogP contribution in [0, 0.1) is 5.92 Å². The molecule has 0 saturated carbocycles. The van der Waals surface area contributed by atoms with Gasteiger partial charge >= 0.3 is 11.9 Å². The second kappa shape index (κ2) is 9.23. The number of pyridine rings is 1. The zero-order chi connectivity index (χ0) is 28.4. The Morgan fingerprint density at radius 2 is 1.93 bits per heavy atom. The summed E-state index contributed by atoms with van der Waals surface area (Å²) in [5.41, 5.74) is -1.12. The van der Waals surface area contributed by atoms with Crippen molar-refractivity contribution in [2.24, 2.45) is 13.0 Å². The van der Waals surface area contributed by atoms with Crippen molar-refractivity contribution in [3.8, 4) is 5.69 Å². The lowest BCUT2D eigenvalue weighted by molar-refractivity contribution is -0.136. The van der Waals surface area contributed by atoms with Crippen molar-refractivity contribution in [3.05, 3.63) is 82.1 Å². The first-order chi connectivity index (χ1) is 18.9. The van der Waals surface area contributed by atoms with Crippen LogP contribution in [0.25, 0.3) is 11.2 Å². The van der Waals surface area contributed by atoms with E-state index in [1.54, 1.807) is 34.0 Å². The van der Waals surface area contributed by atoms with Crippen LogP contribution < -0.4 is 5.69 Å². The highest BCUT2D eigenvalue weighted by Crippen LogP contribution is 2.39. The fourth-order valence-corrected chi connectivity index (χ4v) is 5.71. The number of alkyl halides is 5. The van der Waals surface area contributed by atoms with Gasteiger partial charge in [-0.1, -0.05) is 19.1 Å². The molecule has 0 N–H and O–H groups in total. The minimum Gasteiger partial charge on any atom is -0.378 e. The second-order valence-electron chi connectivity index (χ2n) is 10.8. The van der Waals surface area contributed by atoms with Crippen LogP contribution in [0.1, 0.15) is 35.9 Å². The fourth-order valence-electron chi connectivity index (χ4n) is 5.71. The van der Waals surface area contributed by atoms with Gasteiger partial charge in [0.15, 0.2) is 0 Å². The minimum absolute atomic E-state index is 0.0206. The third kappa shape index (κ3) is 4.31. The van der Waals surface area contributed by atoms with E-state index in [0.717, 1.165) is 16.0 Å². The van der Waals surface area contributed by atoms with Crippen LogP contribution in [0.2, 0.25) is 0 Å². The van der Waals surface area contributed by atoms with Crippen molar-refractivity contribution in [3.63, 3.8) is 0 Å². The number of likely N-dealkylation sites (tertiary alicyclic amines) is 1. The van der Waals surface area contributed by atoms with Gasteiger partial charge in [0.1, 0.15) is 17.6 Å². The van der Waals surface area contributed by atoms with Gasteiger partial charge in [-0.2, -0.15) is 13.2 Å². The van der Waals surface area contributed by atoms with E-state index in [0.29, 0.717) is 24.7 Å². The first-order valence-corrected chi connectivity index (χ1v) is 12.9. The van der Waals surface area contributed by atoms with Crippen LogP contribution >= 0.6 is 0 Å². The van der Waals surface area contributed by atoms with E-state index >= 15 is 0 Å². The molecule has 0 aliphatic carbocycles. The van der Waals surface area contributed by atoms with Crippen molar-refractivity contribution in [2.45, 2.75) is 37.4 Å². The molecule has 1 atom stereocenters. The number of imidazole rings is 1. The average molecular weight is 563 g/mol. The monoisotopic (exact) mass is 562 g/mol. The predicted octanol–water partition coefficient (Wildman–Crippen LogP) is 4.03. The number of benzene rings is 1. The molecule has 212 valence electrons. The predicted molar refractivity (Wildman–Crippen MR) is 135 cm³/mol. The summed E-state index contributed by atoms with van der Waals surface area (Å²) < 4.78 is 79.9. The maximum absolute atomic E-state index is 14.2. The third-order valence-corrected chi connectivity index (χ3v) is 8.06. The summed E-state index contributed by atoms with van der Waals surface area (Å²) in [6.07, 6.45) is -0.968. The normalized spacial score (nSPS) is 21.0. The van der Waals surface area contributed by atoms with E-state index in [1.165, 1.54) is 23.9 Å². The Morgan fingerprint density at radius 1 is 1.15 bits per heavy atom. The molecule has 2 aliphatic rings. The lowest BCUT2D eigenvalue weighted by Crippen LogP contribution is -2.49. The highest BCUT2D eigenvalue weighted by Gasteiger charge is 2.46. The van der Waals surface area contributed by atoms with Gasteiger partial charge in [0, 0.05) is 51.4 Å². The van der Waals surface area contributed by atoms with Crippen molar-refractivity contribution in [1.29, 1.82) is 0 Å². The summed E-state index contributed by atoms with van der Waals surface area (Å²) in [7, 11) is 1.82. The van der Waals surface area contributed by atoms with Gasteiger partial charge in [0.25, 0.3) is 5.92 Å². The van der Waals surface area contributed by atoms with Crippen LogP contribution in [0.3, 0.4) is 0 Å². The zero-order valence-corrected chi connectivity index (χ0v) is 21.8. The molecule has 0 spiro atoms. The van der Waals surface area contributed by atoms with Crippen molar-refractivity contribution < 1.29 is 26.7 Å². The summed E-state index contributed by atoms with van der Waals surface area (Å²) in [5.74, 6) is -3.05. The van der Waals surface area contributed by atoms with Gasteiger partial charge < -0.3 is 9.30 Å². The molecule has 2 saturated heterocycles. The molecule has 3 aromatic heterocycles. The second-order valence-corrected chi connectivity index (χ2v) is 10.8. The van der Waals surface area contributed by atoms with E-state index in [-0.39, 0.29) is 37.1 Å². The number of piperidine rings is 1. The van der Waals surface area contributed by atoms with Gasteiger partial charge in [-0.05, 0) is 29.3 Å². The number of rotatable bonds is 5. The van der Waals surface area contributed by atoms with Crippen molar-refractivity contribution in [1.82, 2.24) is 28.6 Å². The molecule has 40 heavy (non-hydrogen) atoms. The lowest BCUT2D eigenvalue weighted by atomic mass is 9.77. The number of aryl methyl sites for hydroxylation is 1. The van der Waals surface area contributed by atoms with Gasteiger partial charge in [-0.15, -0.1) is 10.2 Å². The maximum atomic E-state index is 14.2. The molecule has 13 heteroatoms. The van der Waals surface area contributed by atoms with Gasteiger partial charge in [-0.3, -0.25) is 13.9 Å². The van der Waals surface area contributed by atoms with Gasteiger partial charge in [0.05, 0.1) is 30.0 Å². The fraction of sp³-hybridized carbons (Fsp3) is 0.444. The minimum atomic E-state index is -4.73. The topological polar surface area (TPSA) is 69.6 Å². The number of nitrogens with zero attached hydrogens (tertiary/aromatic N) is 6. The average Bonchev–Trinajstić information content (AvgIpc) is 3.44. The summed E-state index contributed by atoms with van der Waals surface area (Å²) in [4.78, 5) is 15.2. The molecule has 2 fully saturated rings. The van der Waals surface area contributed by atoms with Gasteiger partial charge in [-0.25, -0.2) is 13.6 Å². The van der Waals surface area contributed by atoms with E-state index in [9.17, 15) is 26.7 Å². The van der Waals surface area contributed by atoms with Crippen molar-refractivity contribution >= 4 is 5.52 Å². The SMILES string of the molecule is C[C@@H]1CN(Cc2cc(C(F)(F)F)c3cn(-c4cccc(C5(c6nncn6C)COC5)c4)c(=O)n3c2)CCC1(F)F. The molecular formula is C27H27F5N6O2. The van der Waals surface area contributed by atoms with E-state index < -0.39 is 34.7 Å². The van der Waals surface area contributed by atoms with E-state index in [4.69, 9.17) is 4.74 Å². The van der Waals surface area contributed by atoms with Crippen LogP contribution in [-0.2, 0) is 29.9 Å². The third-order valence-electron chi connectivity index (χ3n) is 8.06.